The minimum Gasteiger partial charge on any atom is -0.469 e. The molecule has 0 atom stereocenters. The molecule has 7 heteroatoms. The number of nitrogens with one attached hydrogen (secondary N) is 1. The van der Waals surface area contributed by atoms with Gasteiger partial charge < -0.3 is 20.1 Å². The third kappa shape index (κ3) is 7.29. The Balaban J connectivity index is 0.00000576. The van der Waals surface area contributed by atoms with Gasteiger partial charge >= 0.3 is 5.97 Å². The van der Waals surface area contributed by atoms with E-state index >= 15 is 0 Å². The average Bonchev–Trinajstić information content (AvgIpc) is 2.63. The van der Waals surface area contributed by atoms with Crippen LogP contribution in [0.25, 0.3) is 0 Å². The number of rotatable bonds is 8. The first-order valence-electron chi connectivity index (χ1n) is 9.27. The Morgan fingerprint density at radius 3 is 2.32 bits per heavy atom. The van der Waals surface area contributed by atoms with Crippen LogP contribution in [0.15, 0.2) is 4.99 Å². The molecule has 1 rings (SSSR count). The zero-order chi connectivity index (χ0) is 18.0. The standard InChI is InChI=1S/C18H35N3O3.HI/c1-5-18(6-2,10-13-22)14-20-17(19-7-3)21-11-8-15(9-12-21)16(23)24-4;/h15,22H,5-14H2,1-4H3,(H,19,20);1H. The first kappa shape index (κ1) is 24.4. The van der Waals surface area contributed by atoms with E-state index in [0.29, 0.717) is 0 Å². The van der Waals surface area contributed by atoms with Crippen molar-refractivity contribution in [2.24, 2.45) is 16.3 Å². The van der Waals surface area contributed by atoms with Crippen molar-refractivity contribution in [2.75, 3.05) is 39.9 Å². The molecule has 0 aromatic carbocycles. The van der Waals surface area contributed by atoms with Crippen LogP contribution in [-0.2, 0) is 9.53 Å². The lowest BCUT2D eigenvalue weighted by Crippen LogP contribution is -2.47. The zero-order valence-corrected chi connectivity index (χ0v) is 18.5. The number of carbonyl (C=O) groups excluding carboxylic acids is 1. The quantitative estimate of drug-likeness (QED) is 0.248. The number of guanidine groups is 1. The number of carbonyl (C=O) groups is 1. The summed E-state index contributed by atoms with van der Waals surface area (Å²) in [6, 6.07) is 0. The van der Waals surface area contributed by atoms with Gasteiger partial charge in [0.1, 0.15) is 0 Å². The summed E-state index contributed by atoms with van der Waals surface area (Å²) in [4.78, 5) is 18.8. The molecule has 148 valence electrons. The molecule has 0 aromatic heterocycles. The Labute approximate surface area is 169 Å². The highest BCUT2D eigenvalue weighted by Gasteiger charge is 2.29. The summed E-state index contributed by atoms with van der Waals surface area (Å²) >= 11 is 0. The smallest absolute Gasteiger partial charge is 0.308 e. The van der Waals surface area contributed by atoms with E-state index in [2.05, 4.69) is 31.0 Å². The summed E-state index contributed by atoms with van der Waals surface area (Å²) in [5.41, 5.74) is 0.0692. The van der Waals surface area contributed by atoms with Crippen LogP contribution in [-0.4, -0.2) is 61.8 Å². The summed E-state index contributed by atoms with van der Waals surface area (Å²) in [6.45, 7) is 9.79. The minimum absolute atomic E-state index is 0. The Morgan fingerprint density at radius 1 is 1.28 bits per heavy atom. The number of ether oxygens (including phenoxy) is 1. The van der Waals surface area contributed by atoms with E-state index in [-0.39, 0.29) is 47.9 Å². The molecule has 0 radical (unpaired) electrons. The van der Waals surface area contributed by atoms with E-state index in [0.717, 1.165) is 64.2 Å². The van der Waals surface area contributed by atoms with E-state index in [1.54, 1.807) is 0 Å². The van der Waals surface area contributed by atoms with Crippen molar-refractivity contribution in [3.63, 3.8) is 0 Å². The molecule has 0 saturated carbocycles. The van der Waals surface area contributed by atoms with E-state index in [1.165, 1.54) is 7.11 Å². The number of aliphatic hydroxyl groups is 1. The normalized spacial score (nSPS) is 16.4. The number of hydrogen-bond donors (Lipinski definition) is 2. The van der Waals surface area contributed by atoms with Gasteiger partial charge in [0.25, 0.3) is 0 Å². The van der Waals surface area contributed by atoms with Crippen molar-refractivity contribution in [3.05, 3.63) is 0 Å². The second kappa shape index (κ2) is 12.7. The van der Waals surface area contributed by atoms with Gasteiger partial charge in [-0.05, 0) is 44.4 Å². The fourth-order valence-electron chi connectivity index (χ4n) is 3.31. The van der Waals surface area contributed by atoms with Gasteiger partial charge in [-0.15, -0.1) is 24.0 Å². The Bertz CT molecular complexity index is 406. The Hall–Kier alpha value is -0.570. The van der Waals surface area contributed by atoms with Crippen LogP contribution in [0.3, 0.4) is 0 Å². The van der Waals surface area contributed by atoms with E-state index in [4.69, 9.17) is 9.73 Å². The molecule has 1 aliphatic rings. The minimum atomic E-state index is -0.101. The number of halogens is 1. The highest BCUT2D eigenvalue weighted by atomic mass is 127. The van der Waals surface area contributed by atoms with E-state index < -0.39 is 0 Å². The number of piperidine rings is 1. The molecule has 0 bridgehead atoms. The van der Waals surface area contributed by atoms with Crippen molar-refractivity contribution in [3.8, 4) is 0 Å². The fourth-order valence-corrected chi connectivity index (χ4v) is 3.31. The molecule has 0 aromatic rings. The highest BCUT2D eigenvalue weighted by Crippen LogP contribution is 2.31. The fraction of sp³-hybridized carbons (Fsp3) is 0.889. The van der Waals surface area contributed by atoms with Gasteiger partial charge in [0.15, 0.2) is 5.96 Å². The van der Waals surface area contributed by atoms with Gasteiger partial charge in [0.2, 0.25) is 0 Å². The van der Waals surface area contributed by atoms with Crippen LogP contribution in [0.1, 0.15) is 52.9 Å². The Kier molecular flexibility index (Phi) is 12.4. The first-order valence-corrected chi connectivity index (χ1v) is 9.27. The van der Waals surface area contributed by atoms with Crippen molar-refractivity contribution in [1.82, 2.24) is 10.2 Å². The number of likely N-dealkylation sites (tertiary alicyclic amines) is 1. The topological polar surface area (TPSA) is 74.2 Å². The predicted octanol–water partition coefficient (Wildman–Crippen LogP) is 2.64. The largest absolute Gasteiger partial charge is 0.469 e. The predicted molar refractivity (Wildman–Crippen MR) is 112 cm³/mol. The van der Waals surface area contributed by atoms with Crippen LogP contribution in [0.5, 0.6) is 0 Å². The third-order valence-electron chi connectivity index (χ3n) is 5.37. The molecule has 0 spiro atoms. The monoisotopic (exact) mass is 469 g/mol. The van der Waals surface area contributed by atoms with Gasteiger partial charge in [-0.2, -0.15) is 0 Å². The number of methoxy groups -OCH3 is 1. The van der Waals surface area contributed by atoms with Gasteiger partial charge in [0.05, 0.1) is 13.0 Å². The van der Waals surface area contributed by atoms with Crippen molar-refractivity contribution in [2.45, 2.75) is 52.9 Å². The van der Waals surface area contributed by atoms with Crippen molar-refractivity contribution in [1.29, 1.82) is 0 Å². The lowest BCUT2D eigenvalue weighted by molar-refractivity contribution is -0.146. The van der Waals surface area contributed by atoms with Crippen molar-refractivity contribution < 1.29 is 14.6 Å². The third-order valence-corrected chi connectivity index (χ3v) is 5.37. The second-order valence-corrected chi connectivity index (χ2v) is 6.64. The van der Waals surface area contributed by atoms with E-state index in [9.17, 15) is 9.90 Å². The van der Waals surface area contributed by atoms with Gasteiger partial charge in [-0.3, -0.25) is 9.79 Å². The maximum Gasteiger partial charge on any atom is 0.308 e. The first-order chi connectivity index (χ1) is 11.6. The number of aliphatic imine (C=N–C) groups is 1. The summed E-state index contributed by atoms with van der Waals surface area (Å²) < 4.78 is 4.85. The second-order valence-electron chi connectivity index (χ2n) is 6.64. The van der Waals surface area contributed by atoms with Gasteiger partial charge in [-0.25, -0.2) is 0 Å². The van der Waals surface area contributed by atoms with Crippen LogP contribution in [0.2, 0.25) is 0 Å². The summed E-state index contributed by atoms with van der Waals surface area (Å²) in [5, 5.41) is 12.7. The number of nitrogens with zero attached hydrogens (tertiary/aromatic N) is 2. The van der Waals surface area contributed by atoms with Crippen LogP contribution < -0.4 is 5.32 Å². The van der Waals surface area contributed by atoms with Crippen LogP contribution in [0.4, 0.5) is 0 Å². The molecule has 0 unspecified atom stereocenters. The number of aliphatic hydroxyl groups excluding tert-OH is 1. The Morgan fingerprint density at radius 2 is 1.88 bits per heavy atom. The molecule has 6 nitrogen and oxygen atoms in total. The maximum absolute atomic E-state index is 11.7. The molecule has 1 heterocycles. The molecule has 2 N–H and O–H groups in total. The molecule has 1 saturated heterocycles. The SMILES string of the molecule is CCNC(=NCC(CC)(CC)CCO)N1CCC(C(=O)OC)CC1.I. The van der Waals surface area contributed by atoms with Crippen LogP contribution in [0, 0.1) is 11.3 Å². The molecule has 1 aliphatic heterocycles. The summed E-state index contributed by atoms with van der Waals surface area (Å²) in [5.74, 6) is 0.828. The molecule has 25 heavy (non-hydrogen) atoms. The lowest BCUT2D eigenvalue weighted by atomic mass is 9.79. The molecule has 0 aliphatic carbocycles. The summed E-state index contributed by atoms with van der Waals surface area (Å²) in [6.07, 6.45) is 4.42. The lowest BCUT2D eigenvalue weighted by Gasteiger charge is -2.35. The van der Waals surface area contributed by atoms with Crippen LogP contribution >= 0.6 is 24.0 Å². The molecule has 1 fully saturated rings. The van der Waals surface area contributed by atoms with Gasteiger partial charge in [-0.1, -0.05) is 13.8 Å². The number of esters is 1. The zero-order valence-electron chi connectivity index (χ0n) is 16.2. The molecular formula is C18H36IN3O3. The molecular weight excluding hydrogens is 433 g/mol. The molecule has 0 amide bonds. The number of hydrogen-bond acceptors (Lipinski definition) is 4. The summed E-state index contributed by atoms with van der Waals surface area (Å²) in [7, 11) is 1.45. The highest BCUT2D eigenvalue weighted by molar-refractivity contribution is 14.0. The maximum atomic E-state index is 11.7. The van der Waals surface area contributed by atoms with Crippen molar-refractivity contribution >= 4 is 35.9 Å². The van der Waals surface area contributed by atoms with Gasteiger partial charge in [0, 0.05) is 32.8 Å². The van der Waals surface area contributed by atoms with E-state index in [1.807, 2.05) is 0 Å². The average molecular weight is 469 g/mol.